The van der Waals surface area contributed by atoms with Crippen LogP contribution in [0.5, 0.6) is 0 Å². The molecule has 0 saturated heterocycles. The van der Waals surface area contributed by atoms with E-state index in [1.807, 2.05) is 0 Å². The molecule has 0 spiro atoms. The summed E-state index contributed by atoms with van der Waals surface area (Å²) in [5.41, 5.74) is 9.14. The predicted octanol–water partition coefficient (Wildman–Crippen LogP) is 6.37. The molecule has 22 heteroatoms. The number of amides is 1. The monoisotopic (exact) mass is 1150 g/mol. The zero-order valence-corrected chi connectivity index (χ0v) is 46.4. The minimum atomic E-state index is -1.96. The number of carbonyl (C=O) groups is 4. The molecule has 14 rings (SSSR count). The lowest BCUT2D eigenvalue weighted by Gasteiger charge is -2.32. The van der Waals surface area contributed by atoms with Gasteiger partial charge < -0.3 is 55.2 Å². The van der Waals surface area contributed by atoms with Gasteiger partial charge in [-0.3, -0.25) is 18.8 Å². The molecular formula is C61H65F3N6O13. The number of esters is 2. The Morgan fingerprint density at radius 3 is 1.54 bits per heavy atom. The van der Waals surface area contributed by atoms with Crippen LogP contribution in [0.3, 0.4) is 0 Å². The van der Waals surface area contributed by atoms with Crippen molar-refractivity contribution < 1.29 is 68.7 Å². The molecule has 4 aliphatic heterocycles. The minimum absolute atomic E-state index is 0.0237. The van der Waals surface area contributed by atoms with Gasteiger partial charge in [0.15, 0.2) is 16.8 Å². The number of nitrogens with one attached hydrogen (secondary N) is 1. The van der Waals surface area contributed by atoms with Crippen molar-refractivity contribution in [1.82, 2.24) is 24.4 Å². The van der Waals surface area contributed by atoms with Crippen molar-refractivity contribution in [2.45, 2.75) is 178 Å². The molecule has 1 amide bonds. The maximum absolute atomic E-state index is 15.1. The van der Waals surface area contributed by atoms with E-state index >= 15 is 4.39 Å². The summed E-state index contributed by atoms with van der Waals surface area (Å²) in [4.78, 5) is 85.2. The molecule has 438 valence electrons. The molecule has 4 aromatic heterocycles. The number of aliphatic hydroxyl groups is 4. The molecule has 4 aliphatic carbocycles. The number of aryl methyl sites for hydroxylation is 2. The number of benzene rings is 2. The lowest BCUT2D eigenvalue weighted by atomic mass is 9.81. The van der Waals surface area contributed by atoms with Gasteiger partial charge in [-0.25, -0.2) is 33.1 Å². The predicted molar refractivity (Wildman–Crippen MR) is 294 cm³/mol. The molecule has 19 nitrogen and oxygen atoms in total. The van der Waals surface area contributed by atoms with Crippen molar-refractivity contribution in [3.63, 3.8) is 0 Å². The largest absolute Gasteiger partial charge is 0.479 e. The number of nitrogens with two attached hydrogens (primary N) is 1. The van der Waals surface area contributed by atoms with Crippen molar-refractivity contribution in [2.75, 3.05) is 7.15 Å². The molecule has 0 bridgehead atoms. The number of carboxylic acids is 1. The van der Waals surface area contributed by atoms with E-state index < -0.39 is 59.4 Å². The highest BCUT2D eigenvalue weighted by Crippen LogP contribution is 2.48. The van der Waals surface area contributed by atoms with Gasteiger partial charge in [-0.15, -0.1) is 0 Å². The van der Waals surface area contributed by atoms with Crippen LogP contribution in [-0.4, -0.2) is 86.8 Å². The van der Waals surface area contributed by atoms with Gasteiger partial charge in [0.25, 0.3) is 17.0 Å². The van der Waals surface area contributed by atoms with Crippen molar-refractivity contribution in [3.8, 4) is 22.8 Å². The van der Waals surface area contributed by atoms with Gasteiger partial charge in [-0.05, 0) is 149 Å². The van der Waals surface area contributed by atoms with E-state index in [0.717, 1.165) is 69.8 Å². The standard InChI is InChI=1S/C30H30FN3O6.C24H22FN3O4.C6H10O3.CH3F/c1-3-30(39)18-10-22-25-16(12-34(22)26(35)17(18)13-40-28(30)37)24-20(33-27(36)29(38)8-4-5-9-29)7-6-15-14(2)19(31)11-21(32-25)23(15)24;1-3-24(31)14-6-18-21-12(8-28(18)22(29)13(14)9-32-23(24)30)19-16(26)5-4-11-10(2)15(25)7-17(27-21)20(11)19;7-5(8)6(9)3-1-2-4-6;1-2/h10-11,20,38-39H,3-9,12-13H2,1-2H3,(H,33,36);6-7,16,31H,3-5,8-9,26H2,1-2H3;9H,1-4H2,(H,7,8);1H3/t20-,30-;16-,24-;;/m00../s1/i;;;1D. The van der Waals surface area contributed by atoms with E-state index in [0.29, 0.717) is 96.3 Å². The van der Waals surface area contributed by atoms with Gasteiger partial charge in [0, 0.05) is 51.2 Å². The maximum atomic E-state index is 15.1. The fourth-order valence-corrected chi connectivity index (χ4v) is 13.9. The van der Waals surface area contributed by atoms with Crippen LogP contribution in [0.2, 0.25) is 0 Å². The number of cyclic esters (lactones) is 2. The summed E-state index contributed by atoms with van der Waals surface area (Å²) in [6, 6.07) is 5.38. The number of fused-ring (bicyclic) bond motifs is 10. The van der Waals surface area contributed by atoms with Crippen LogP contribution in [0, 0.1) is 25.5 Å². The van der Waals surface area contributed by atoms with E-state index in [9.17, 15) is 52.9 Å². The second-order valence-corrected chi connectivity index (χ2v) is 23.1. The number of rotatable bonds is 5. The topological polar surface area (TPSA) is 296 Å². The van der Waals surface area contributed by atoms with Crippen LogP contribution in [0.1, 0.15) is 171 Å². The first-order chi connectivity index (χ1) is 39.9. The highest BCUT2D eigenvalue weighted by Gasteiger charge is 2.49. The Bertz CT molecular complexity index is 3970. The van der Waals surface area contributed by atoms with E-state index in [1.54, 1.807) is 49.0 Å². The normalized spacial score (nSPS) is 23.3. The van der Waals surface area contributed by atoms with Crippen LogP contribution in [0.4, 0.5) is 13.2 Å². The fraction of sp³-hybridized carbons (Fsp3) is 0.475. The number of ether oxygens (including phenoxy) is 2. The Balaban J connectivity index is 0.000000149. The third-order valence-corrected chi connectivity index (χ3v) is 18.8. The molecule has 4 atom stereocenters. The molecular weight excluding hydrogens is 1080 g/mol. The van der Waals surface area contributed by atoms with Crippen molar-refractivity contribution in [1.29, 1.82) is 0 Å². The van der Waals surface area contributed by atoms with E-state index in [4.69, 9.17) is 36.8 Å². The van der Waals surface area contributed by atoms with Crippen molar-refractivity contribution in [3.05, 3.63) is 123 Å². The summed E-state index contributed by atoms with van der Waals surface area (Å²) >= 11 is 0. The number of hydrogen-bond donors (Lipinski definition) is 7. The second-order valence-electron chi connectivity index (χ2n) is 23.1. The third-order valence-electron chi connectivity index (χ3n) is 18.8. The van der Waals surface area contributed by atoms with E-state index in [1.165, 1.54) is 12.1 Å². The van der Waals surface area contributed by atoms with E-state index in [-0.39, 0.29) is 90.2 Å². The summed E-state index contributed by atoms with van der Waals surface area (Å²) in [5, 5.41) is 55.5. The lowest BCUT2D eigenvalue weighted by molar-refractivity contribution is -0.172. The number of nitrogens with zero attached hydrogens (tertiary/aromatic N) is 4. The number of alkyl halides is 1. The lowest BCUT2D eigenvalue weighted by Crippen LogP contribution is -2.46. The van der Waals surface area contributed by atoms with E-state index in [2.05, 4.69) is 5.32 Å². The first kappa shape index (κ1) is 56.1. The number of halogens is 3. The number of pyridine rings is 4. The molecule has 83 heavy (non-hydrogen) atoms. The molecule has 2 saturated carbocycles. The first-order valence-corrected chi connectivity index (χ1v) is 28.1. The average molecular weight is 1150 g/mol. The quantitative estimate of drug-likeness (QED) is 0.0921. The van der Waals surface area contributed by atoms with Crippen molar-refractivity contribution in [2.24, 2.45) is 5.73 Å². The number of aromatic nitrogens is 4. The minimum Gasteiger partial charge on any atom is -0.479 e. The summed E-state index contributed by atoms with van der Waals surface area (Å²) in [5.74, 6) is -3.75. The highest BCUT2D eigenvalue weighted by molar-refractivity contribution is 5.96. The third kappa shape index (κ3) is 8.71. The van der Waals surface area contributed by atoms with Crippen LogP contribution in [-0.2, 0) is 79.0 Å². The molecule has 8 N–H and O–H groups in total. The van der Waals surface area contributed by atoms with Gasteiger partial charge in [0.2, 0.25) is 0 Å². The summed E-state index contributed by atoms with van der Waals surface area (Å²) in [6.45, 7) is 6.85. The van der Waals surface area contributed by atoms with Gasteiger partial charge in [0.05, 0.1) is 72.6 Å². The van der Waals surface area contributed by atoms with Gasteiger partial charge >= 0.3 is 17.9 Å². The average Bonchev–Trinajstić information content (AvgIpc) is 1.96. The van der Waals surface area contributed by atoms with Gasteiger partial charge in [-0.2, -0.15) is 0 Å². The zero-order valence-electron chi connectivity index (χ0n) is 47.4. The Hall–Kier alpha value is -7.37. The summed E-state index contributed by atoms with van der Waals surface area (Å²) in [7, 11) is -1.00. The van der Waals surface area contributed by atoms with Crippen LogP contribution in [0.25, 0.3) is 44.6 Å². The Labute approximate surface area is 474 Å². The van der Waals surface area contributed by atoms with Crippen LogP contribution in [0.15, 0.2) is 33.9 Å². The molecule has 2 fully saturated rings. The molecule has 2 aromatic carbocycles. The van der Waals surface area contributed by atoms with Crippen LogP contribution >= 0.6 is 0 Å². The summed E-state index contributed by atoms with van der Waals surface area (Å²) < 4.78 is 58.7. The van der Waals surface area contributed by atoms with Gasteiger partial charge in [-0.1, -0.05) is 13.8 Å². The summed E-state index contributed by atoms with van der Waals surface area (Å²) in [6.07, 6.45) is 7.38. The molecule has 0 unspecified atom stereocenters. The van der Waals surface area contributed by atoms with Gasteiger partial charge in [0.1, 0.15) is 30.4 Å². The molecule has 8 aliphatic rings. The maximum Gasteiger partial charge on any atom is 0.343 e. The number of aliphatic carboxylic acids is 1. The smallest absolute Gasteiger partial charge is 0.343 e. The number of hydrogen-bond acceptors (Lipinski definition) is 15. The molecule has 8 heterocycles. The molecule has 0 radical (unpaired) electrons. The number of carbonyl (C=O) groups excluding carboxylic acids is 3. The Morgan fingerprint density at radius 2 is 1.11 bits per heavy atom. The van der Waals surface area contributed by atoms with Crippen molar-refractivity contribution >= 4 is 45.6 Å². The zero-order chi connectivity index (χ0) is 60.3. The number of carboxylic acid groups (broad SMARTS) is 1. The molecule has 6 aromatic rings. The second kappa shape index (κ2) is 20.8. The Kier molecular flexibility index (Phi) is 14.0. The fourth-order valence-electron chi connectivity index (χ4n) is 13.9. The SMILES string of the molecule is CC[C@@]1(O)C(=O)OCc2c1cc1n(c2=O)Cc2c-1nc1cc(F)c(C)c3c1c2[C@@H](N)CC3.CC[C@@]1(O)C(=O)OCc2c1cc1n(c2=O)Cc2c-1nc1cc(F)c(C)c3c1c2[C@@H](NC(=O)C1(O)CCCC1)CC3.O=C(O)C1(O)CCCC1.[2H]CF. The Morgan fingerprint density at radius 1 is 0.687 bits per heavy atom. The first-order valence-electron chi connectivity index (χ1n) is 28.8. The highest BCUT2D eigenvalue weighted by atomic mass is 19.1. The van der Waals surface area contributed by atoms with Crippen LogP contribution < -0.4 is 22.2 Å².